The second-order valence-electron chi connectivity index (χ2n) is 4.96. The van der Waals surface area contributed by atoms with Gasteiger partial charge in [-0.25, -0.2) is 4.79 Å². The maximum Gasteiger partial charge on any atom is 0.334 e. The van der Waals surface area contributed by atoms with E-state index in [1.54, 1.807) is 0 Å². The summed E-state index contributed by atoms with van der Waals surface area (Å²) in [5.74, 6) is -1.85. The number of nitro groups is 1. The Bertz CT molecular complexity index is 585. The lowest BCUT2D eigenvalue weighted by molar-refractivity contribution is -0.385. The normalized spacial score (nSPS) is 12.0. The van der Waals surface area contributed by atoms with Crippen molar-refractivity contribution in [2.75, 3.05) is 13.7 Å². The fraction of sp³-hybridized carbons (Fsp3) is 0.429. The van der Waals surface area contributed by atoms with E-state index < -0.39 is 22.9 Å². The molecule has 0 saturated carbocycles. The molecule has 2 N–H and O–H groups in total. The second-order valence-corrected chi connectivity index (χ2v) is 4.96. The predicted octanol–water partition coefficient (Wildman–Crippen LogP) is 1.55. The van der Waals surface area contributed by atoms with Crippen LogP contribution in [0.1, 0.15) is 35.7 Å². The molecular formula is C14H18N2O6. The largest absolute Gasteiger partial charge is 0.479 e. The van der Waals surface area contributed by atoms with E-state index in [-0.39, 0.29) is 23.7 Å². The van der Waals surface area contributed by atoms with Crippen molar-refractivity contribution in [2.24, 2.45) is 0 Å². The number of hydrogen-bond donors (Lipinski definition) is 2. The van der Waals surface area contributed by atoms with E-state index in [0.717, 1.165) is 0 Å². The van der Waals surface area contributed by atoms with Gasteiger partial charge in [0.25, 0.3) is 11.6 Å². The number of nitro benzene ring substituents is 1. The van der Waals surface area contributed by atoms with E-state index in [2.05, 4.69) is 10.1 Å². The van der Waals surface area contributed by atoms with Gasteiger partial charge >= 0.3 is 5.97 Å². The maximum absolute atomic E-state index is 12.0. The van der Waals surface area contributed by atoms with Gasteiger partial charge in [-0.05, 0) is 12.0 Å². The highest BCUT2D eigenvalue weighted by atomic mass is 16.6. The summed E-state index contributed by atoms with van der Waals surface area (Å²) in [6.07, 6.45) is -1.17. The summed E-state index contributed by atoms with van der Waals surface area (Å²) in [7, 11) is 1.22. The third-order valence-electron chi connectivity index (χ3n) is 3.12. The molecule has 0 bridgehead atoms. The van der Waals surface area contributed by atoms with Crippen LogP contribution in [0.2, 0.25) is 0 Å². The van der Waals surface area contributed by atoms with Crippen LogP contribution < -0.4 is 5.32 Å². The molecule has 1 aromatic carbocycles. The van der Waals surface area contributed by atoms with Crippen LogP contribution in [-0.4, -0.2) is 41.7 Å². The van der Waals surface area contributed by atoms with Crippen LogP contribution >= 0.6 is 0 Å². The molecule has 22 heavy (non-hydrogen) atoms. The van der Waals surface area contributed by atoms with Crippen LogP contribution in [0.4, 0.5) is 5.69 Å². The molecule has 1 atom stereocenters. The summed E-state index contributed by atoms with van der Waals surface area (Å²) in [6, 6.07) is 4.19. The number of hydrogen-bond acceptors (Lipinski definition) is 5. The van der Waals surface area contributed by atoms with Gasteiger partial charge in [-0.2, -0.15) is 0 Å². The molecule has 0 spiro atoms. The summed E-state index contributed by atoms with van der Waals surface area (Å²) in [5.41, 5.74) is 0.488. The SMILES string of the molecule is COC(CNC(=O)c1ccc(C(C)C)c([N+](=O)[O-])c1)C(=O)O. The predicted molar refractivity (Wildman–Crippen MR) is 78.0 cm³/mol. The van der Waals surface area contributed by atoms with E-state index in [0.29, 0.717) is 5.56 Å². The summed E-state index contributed by atoms with van der Waals surface area (Å²) in [5, 5.41) is 22.3. The number of benzene rings is 1. The van der Waals surface area contributed by atoms with E-state index in [1.165, 1.54) is 25.3 Å². The Morgan fingerprint density at radius 1 is 1.41 bits per heavy atom. The van der Waals surface area contributed by atoms with E-state index >= 15 is 0 Å². The van der Waals surface area contributed by atoms with Crippen molar-refractivity contribution in [1.82, 2.24) is 5.32 Å². The molecule has 0 fully saturated rings. The highest BCUT2D eigenvalue weighted by Crippen LogP contribution is 2.27. The minimum atomic E-state index is -1.20. The lowest BCUT2D eigenvalue weighted by Gasteiger charge is -2.12. The fourth-order valence-electron chi connectivity index (χ4n) is 1.89. The standard InChI is InChI=1S/C14H18N2O6/c1-8(2)10-5-4-9(6-11(10)16(20)21)13(17)15-7-12(22-3)14(18)19/h4-6,8,12H,7H2,1-3H3,(H,15,17)(H,18,19). The molecule has 1 unspecified atom stereocenters. The molecule has 0 aromatic heterocycles. The molecule has 1 amide bonds. The van der Waals surface area contributed by atoms with Gasteiger partial charge in [0.15, 0.2) is 6.10 Å². The Hall–Kier alpha value is -2.48. The van der Waals surface area contributed by atoms with E-state index in [9.17, 15) is 19.7 Å². The number of rotatable bonds is 7. The molecular weight excluding hydrogens is 292 g/mol. The summed E-state index contributed by atoms with van der Waals surface area (Å²) >= 11 is 0. The minimum absolute atomic E-state index is 0.0533. The van der Waals surface area contributed by atoms with Gasteiger partial charge in [0.05, 0.1) is 11.5 Å². The Balaban J connectivity index is 2.93. The maximum atomic E-state index is 12.0. The van der Waals surface area contributed by atoms with Crippen LogP contribution in [-0.2, 0) is 9.53 Å². The smallest absolute Gasteiger partial charge is 0.334 e. The molecule has 120 valence electrons. The van der Waals surface area contributed by atoms with Crippen LogP contribution in [0.15, 0.2) is 18.2 Å². The number of amides is 1. The first-order valence-corrected chi connectivity index (χ1v) is 6.60. The van der Waals surface area contributed by atoms with Crippen LogP contribution in [0.25, 0.3) is 0 Å². The van der Waals surface area contributed by atoms with E-state index in [1.807, 2.05) is 13.8 Å². The molecule has 0 saturated heterocycles. The lowest BCUT2D eigenvalue weighted by Crippen LogP contribution is -2.37. The van der Waals surface area contributed by atoms with Crippen molar-refractivity contribution in [2.45, 2.75) is 25.9 Å². The molecule has 0 aliphatic heterocycles. The van der Waals surface area contributed by atoms with Crippen molar-refractivity contribution in [3.05, 3.63) is 39.4 Å². The average Bonchev–Trinajstić information content (AvgIpc) is 2.46. The Labute approximate surface area is 127 Å². The quantitative estimate of drug-likeness (QED) is 0.582. The zero-order valence-electron chi connectivity index (χ0n) is 12.5. The molecule has 1 aromatic rings. The number of carbonyl (C=O) groups is 2. The topological polar surface area (TPSA) is 119 Å². The molecule has 8 nitrogen and oxygen atoms in total. The zero-order chi connectivity index (χ0) is 16.9. The number of carbonyl (C=O) groups excluding carboxylic acids is 1. The summed E-state index contributed by atoms with van der Waals surface area (Å²) < 4.78 is 4.69. The van der Waals surface area contributed by atoms with Gasteiger partial charge < -0.3 is 15.2 Å². The van der Waals surface area contributed by atoms with E-state index in [4.69, 9.17) is 5.11 Å². The summed E-state index contributed by atoms with van der Waals surface area (Å²) in [6.45, 7) is 3.40. The Kier molecular flexibility index (Phi) is 6.00. The highest BCUT2D eigenvalue weighted by Gasteiger charge is 2.21. The van der Waals surface area contributed by atoms with Crippen molar-refractivity contribution < 1.29 is 24.4 Å². The van der Waals surface area contributed by atoms with Crippen molar-refractivity contribution in [3.8, 4) is 0 Å². The van der Waals surface area contributed by atoms with Gasteiger partial charge in [0.2, 0.25) is 0 Å². The highest BCUT2D eigenvalue weighted by molar-refractivity contribution is 5.95. The third kappa shape index (κ3) is 4.26. The summed E-state index contributed by atoms with van der Waals surface area (Å²) in [4.78, 5) is 33.3. The number of carboxylic acids is 1. The van der Waals surface area contributed by atoms with Crippen LogP contribution in [0.5, 0.6) is 0 Å². The van der Waals surface area contributed by atoms with Gasteiger partial charge in [-0.15, -0.1) is 0 Å². The number of carboxylic acid groups (broad SMARTS) is 1. The molecule has 0 radical (unpaired) electrons. The molecule has 0 aliphatic carbocycles. The van der Waals surface area contributed by atoms with Crippen molar-refractivity contribution >= 4 is 17.6 Å². The zero-order valence-corrected chi connectivity index (χ0v) is 12.5. The number of ether oxygens (including phenoxy) is 1. The first kappa shape index (κ1) is 17.6. The van der Waals surface area contributed by atoms with Crippen LogP contribution in [0, 0.1) is 10.1 Å². The Morgan fingerprint density at radius 3 is 2.50 bits per heavy atom. The first-order valence-electron chi connectivity index (χ1n) is 6.60. The van der Waals surface area contributed by atoms with Gasteiger partial charge in [0.1, 0.15) is 0 Å². The third-order valence-corrected chi connectivity index (χ3v) is 3.12. The van der Waals surface area contributed by atoms with Crippen molar-refractivity contribution in [3.63, 3.8) is 0 Å². The van der Waals surface area contributed by atoms with Crippen LogP contribution in [0.3, 0.4) is 0 Å². The number of nitrogens with zero attached hydrogens (tertiary/aromatic N) is 1. The molecule has 1 rings (SSSR count). The lowest BCUT2D eigenvalue weighted by atomic mass is 9.99. The molecule has 0 heterocycles. The van der Waals surface area contributed by atoms with Crippen molar-refractivity contribution in [1.29, 1.82) is 0 Å². The monoisotopic (exact) mass is 310 g/mol. The first-order chi connectivity index (χ1) is 10.3. The Morgan fingerprint density at radius 2 is 2.05 bits per heavy atom. The van der Waals surface area contributed by atoms with Gasteiger partial charge in [-0.3, -0.25) is 14.9 Å². The van der Waals surface area contributed by atoms with Gasteiger partial charge in [0, 0.05) is 24.3 Å². The second kappa shape index (κ2) is 7.51. The number of methoxy groups -OCH3 is 1. The molecule has 8 heteroatoms. The number of nitrogens with one attached hydrogen (secondary N) is 1. The van der Waals surface area contributed by atoms with Gasteiger partial charge in [-0.1, -0.05) is 19.9 Å². The fourth-order valence-corrected chi connectivity index (χ4v) is 1.89. The molecule has 0 aliphatic rings. The number of aliphatic carboxylic acids is 1. The average molecular weight is 310 g/mol. The minimum Gasteiger partial charge on any atom is -0.479 e.